The minimum absolute atomic E-state index is 0.676. The van der Waals surface area contributed by atoms with Crippen LogP contribution >= 0.6 is 15.9 Å². The monoisotopic (exact) mass is 294 g/mol. The zero-order valence-corrected chi connectivity index (χ0v) is 11.5. The Morgan fingerprint density at radius 1 is 1.41 bits per heavy atom. The number of hydrogen-bond donors (Lipinski definition) is 1. The number of benzene rings is 1. The predicted octanol–water partition coefficient (Wildman–Crippen LogP) is 2.98. The highest BCUT2D eigenvalue weighted by Gasteiger charge is 2.04. The fourth-order valence-electron chi connectivity index (χ4n) is 1.64. The molecule has 1 aromatic carbocycles. The van der Waals surface area contributed by atoms with E-state index in [1.54, 1.807) is 6.33 Å². The van der Waals surface area contributed by atoms with Crippen LogP contribution in [0, 0.1) is 6.92 Å². The van der Waals surface area contributed by atoms with E-state index in [2.05, 4.69) is 57.3 Å². The van der Waals surface area contributed by atoms with Crippen molar-refractivity contribution in [2.75, 3.05) is 5.32 Å². The van der Waals surface area contributed by atoms with Gasteiger partial charge in [-0.3, -0.25) is 0 Å². The quantitative estimate of drug-likeness (QED) is 0.943. The summed E-state index contributed by atoms with van der Waals surface area (Å²) in [7, 11) is 0. The van der Waals surface area contributed by atoms with Crippen LogP contribution in [0.4, 0.5) is 5.69 Å². The maximum atomic E-state index is 4.23. The van der Waals surface area contributed by atoms with Gasteiger partial charge in [0.1, 0.15) is 12.2 Å². The van der Waals surface area contributed by atoms with Crippen molar-refractivity contribution in [2.24, 2.45) is 0 Å². The average molecular weight is 295 g/mol. The third kappa shape index (κ3) is 2.85. The van der Waals surface area contributed by atoms with Crippen molar-refractivity contribution in [1.82, 2.24) is 14.8 Å². The molecule has 4 nitrogen and oxygen atoms in total. The van der Waals surface area contributed by atoms with Gasteiger partial charge in [0.15, 0.2) is 0 Å². The van der Waals surface area contributed by atoms with Gasteiger partial charge in [-0.1, -0.05) is 6.07 Å². The van der Waals surface area contributed by atoms with E-state index in [9.17, 15) is 0 Å². The van der Waals surface area contributed by atoms with Crippen LogP contribution in [0.15, 0.2) is 29.0 Å². The van der Waals surface area contributed by atoms with Gasteiger partial charge in [0.25, 0.3) is 0 Å². The van der Waals surface area contributed by atoms with Crippen LogP contribution < -0.4 is 5.32 Å². The lowest BCUT2D eigenvalue weighted by Gasteiger charge is -2.09. The SMILES string of the molecule is CCn1ncnc1CNc1cc(C)ccc1Br. The smallest absolute Gasteiger partial charge is 0.146 e. The third-order valence-electron chi connectivity index (χ3n) is 2.55. The number of nitrogens with zero attached hydrogens (tertiary/aromatic N) is 3. The molecule has 5 heteroatoms. The van der Waals surface area contributed by atoms with E-state index in [1.807, 2.05) is 10.7 Å². The second-order valence-electron chi connectivity index (χ2n) is 3.83. The highest BCUT2D eigenvalue weighted by Crippen LogP contribution is 2.23. The normalized spacial score (nSPS) is 10.5. The number of nitrogens with one attached hydrogen (secondary N) is 1. The maximum absolute atomic E-state index is 4.23. The number of hydrogen-bond acceptors (Lipinski definition) is 3. The van der Waals surface area contributed by atoms with Crippen LogP contribution in [0.5, 0.6) is 0 Å². The van der Waals surface area contributed by atoms with Crippen LogP contribution in [0.2, 0.25) is 0 Å². The molecule has 0 unspecified atom stereocenters. The molecule has 0 saturated carbocycles. The van der Waals surface area contributed by atoms with E-state index in [4.69, 9.17) is 0 Å². The summed E-state index contributed by atoms with van der Waals surface area (Å²) in [5.74, 6) is 0.945. The van der Waals surface area contributed by atoms with E-state index < -0.39 is 0 Å². The van der Waals surface area contributed by atoms with E-state index in [0.29, 0.717) is 6.54 Å². The molecule has 0 bridgehead atoms. The molecule has 0 aliphatic heterocycles. The molecule has 0 spiro atoms. The van der Waals surface area contributed by atoms with Gasteiger partial charge in [0, 0.05) is 16.7 Å². The Kier molecular flexibility index (Phi) is 3.78. The summed E-state index contributed by atoms with van der Waals surface area (Å²) in [6.45, 7) is 5.65. The van der Waals surface area contributed by atoms with Crippen molar-refractivity contribution in [1.29, 1.82) is 0 Å². The Morgan fingerprint density at radius 3 is 3.00 bits per heavy atom. The number of anilines is 1. The Labute approximate surface area is 109 Å². The fraction of sp³-hybridized carbons (Fsp3) is 0.333. The van der Waals surface area contributed by atoms with Gasteiger partial charge in [-0.2, -0.15) is 5.10 Å². The highest BCUT2D eigenvalue weighted by atomic mass is 79.9. The molecule has 1 N–H and O–H groups in total. The number of aromatic nitrogens is 3. The lowest BCUT2D eigenvalue weighted by molar-refractivity contribution is 0.622. The van der Waals surface area contributed by atoms with Crippen molar-refractivity contribution < 1.29 is 0 Å². The molecule has 0 fully saturated rings. The summed E-state index contributed by atoms with van der Waals surface area (Å²) in [5.41, 5.74) is 2.31. The van der Waals surface area contributed by atoms with Crippen molar-refractivity contribution in [3.63, 3.8) is 0 Å². The summed E-state index contributed by atoms with van der Waals surface area (Å²) in [6, 6.07) is 6.22. The molecule has 17 heavy (non-hydrogen) atoms. The summed E-state index contributed by atoms with van der Waals surface area (Å²) < 4.78 is 2.95. The first kappa shape index (κ1) is 12.1. The van der Waals surface area contributed by atoms with Crippen molar-refractivity contribution in [3.8, 4) is 0 Å². The Hall–Kier alpha value is -1.36. The lowest BCUT2D eigenvalue weighted by atomic mass is 10.2. The number of rotatable bonds is 4. The van der Waals surface area contributed by atoms with Crippen molar-refractivity contribution >= 4 is 21.6 Å². The van der Waals surface area contributed by atoms with Crippen molar-refractivity contribution in [3.05, 3.63) is 40.4 Å². The first-order valence-electron chi connectivity index (χ1n) is 5.57. The largest absolute Gasteiger partial charge is 0.377 e. The topological polar surface area (TPSA) is 42.7 Å². The molecule has 1 heterocycles. The minimum atomic E-state index is 0.676. The Bertz CT molecular complexity index is 507. The zero-order chi connectivity index (χ0) is 12.3. The summed E-state index contributed by atoms with van der Waals surface area (Å²) in [5, 5.41) is 7.50. The predicted molar refractivity (Wildman–Crippen MR) is 71.9 cm³/mol. The van der Waals surface area contributed by atoms with Crippen LogP contribution in [-0.2, 0) is 13.1 Å². The molecule has 0 amide bonds. The molecule has 2 aromatic rings. The van der Waals surface area contributed by atoms with E-state index in [-0.39, 0.29) is 0 Å². The molecular weight excluding hydrogens is 280 g/mol. The zero-order valence-electron chi connectivity index (χ0n) is 9.94. The first-order valence-corrected chi connectivity index (χ1v) is 6.36. The van der Waals surface area contributed by atoms with Crippen LogP contribution in [0.25, 0.3) is 0 Å². The van der Waals surface area contributed by atoms with Crippen LogP contribution in [0.3, 0.4) is 0 Å². The third-order valence-corrected chi connectivity index (χ3v) is 3.25. The highest BCUT2D eigenvalue weighted by molar-refractivity contribution is 9.10. The Morgan fingerprint density at radius 2 is 2.24 bits per heavy atom. The molecule has 0 saturated heterocycles. The van der Waals surface area contributed by atoms with Gasteiger partial charge in [-0.05, 0) is 47.5 Å². The van der Waals surface area contributed by atoms with E-state index in [0.717, 1.165) is 22.5 Å². The number of halogens is 1. The molecule has 1 aromatic heterocycles. The Balaban J connectivity index is 2.09. The van der Waals surface area contributed by atoms with Gasteiger partial charge >= 0.3 is 0 Å². The molecule has 2 rings (SSSR count). The van der Waals surface area contributed by atoms with Crippen molar-refractivity contribution in [2.45, 2.75) is 26.9 Å². The molecule has 90 valence electrons. The molecule has 0 atom stereocenters. The first-order chi connectivity index (χ1) is 8.20. The van der Waals surface area contributed by atoms with E-state index in [1.165, 1.54) is 5.56 Å². The van der Waals surface area contributed by atoms with E-state index >= 15 is 0 Å². The van der Waals surface area contributed by atoms with Gasteiger partial charge < -0.3 is 5.32 Å². The molecular formula is C12H15BrN4. The van der Waals surface area contributed by atoms with Gasteiger partial charge in [0.05, 0.1) is 6.54 Å². The van der Waals surface area contributed by atoms with Crippen LogP contribution in [-0.4, -0.2) is 14.8 Å². The minimum Gasteiger partial charge on any atom is -0.377 e. The fourth-order valence-corrected chi connectivity index (χ4v) is 2.02. The second kappa shape index (κ2) is 5.31. The second-order valence-corrected chi connectivity index (χ2v) is 4.68. The summed E-state index contributed by atoms with van der Waals surface area (Å²) >= 11 is 3.52. The maximum Gasteiger partial charge on any atom is 0.146 e. The lowest BCUT2D eigenvalue weighted by Crippen LogP contribution is -2.09. The summed E-state index contributed by atoms with van der Waals surface area (Å²) in [6.07, 6.45) is 1.59. The van der Waals surface area contributed by atoms with Crippen LogP contribution in [0.1, 0.15) is 18.3 Å². The molecule has 0 radical (unpaired) electrons. The van der Waals surface area contributed by atoms with Gasteiger partial charge in [-0.25, -0.2) is 9.67 Å². The average Bonchev–Trinajstić information content (AvgIpc) is 2.77. The summed E-state index contributed by atoms with van der Waals surface area (Å²) in [4.78, 5) is 4.23. The standard InChI is InChI=1S/C12H15BrN4/c1-3-17-12(15-8-16-17)7-14-11-6-9(2)4-5-10(11)13/h4-6,8,14H,3,7H2,1-2H3. The number of aryl methyl sites for hydroxylation is 2. The van der Waals surface area contributed by atoms with Gasteiger partial charge in [-0.15, -0.1) is 0 Å². The molecule has 0 aliphatic rings. The molecule has 0 aliphatic carbocycles. The van der Waals surface area contributed by atoms with Gasteiger partial charge in [0.2, 0.25) is 0 Å².